The van der Waals surface area contributed by atoms with E-state index in [0.29, 0.717) is 17.5 Å². The minimum atomic E-state index is 0.614. The van der Waals surface area contributed by atoms with E-state index in [1.54, 1.807) is 0 Å². The van der Waals surface area contributed by atoms with Gasteiger partial charge in [0.15, 0.2) is 17.5 Å². The van der Waals surface area contributed by atoms with Gasteiger partial charge in [-0.2, -0.15) is 0 Å². The lowest BCUT2D eigenvalue weighted by molar-refractivity contribution is 0.673. The third kappa shape index (κ3) is 4.05. The molecule has 0 spiro atoms. The first-order chi connectivity index (χ1) is 20.3. The molecule has 0 bridgehead atoms. The predicted octanol–water partition coefficient (Wildman–Crippen LogP) is 9.59. The Kier molecular flexibility index (Phi) is 5.42. The van der Waals surface area contributed by atoms with Crippen LogP contribution in [-0.2, 0) is 0 Å². The molecule has 0 aliphatic carbocycles. The van der Waals surface area contributed by atoms with Crippen LogP contribution in [0.5, 0.6) is 0 Å². The fourth-order valence-electron chi connectivity index (χ4n) is 5.53. The molecule has 8 aromatic rings. The Labute approximate surface area is 236 Å². The van der Waals surface area contributed by atoms with E-state index in [0.717, 1.165) is 60.5 Å². The number of benzene rings is 6. The number of aromatic nitrogens is 3. The van der Waals surface area contributed by atoms with E-state index in [-0.39, 0.29) is 0 Å². The van der Waals surface area contributed by atoms with Crippen LogP contribution in [0.25, 0.3) is 78.0 Å². The Morgan fingerprint density at radius 3 is 1.63 bits per heavy atom. The van der Waals surface area contributed by atoms with Crippen LogP contribution in [0.15, 0.2) is 144 Å². The summed E-state index contributed by atoms with van der Waals surface area (Å²) in [5, 5.41) is 4.16. The van der Waals surface area contributed by atoms with Crippen LogP contribution >= 0.6 is 0 Å². The molecule has 0 amide bonds. The van der Waals surface area contributed by atoms with Crippen LogP contribution in [0, 0.1) is 0 Å². The number of furan rings is 1. The maximum atomic E-state index is 6.65. The first-order valence-electron chi connectivity index (χ1n) is 13.6. The molecule has 0 atom stereocenters. The average Bonchev–Trinajstić information content (AvgIpc) is 3.45. The topological polar surface area (TPSA) is 51.8 Å². The van der Waals surface area contributed by atoms with E-state index >= 15 is 0 Å². The molecule has 0 unspecified atom stereocenters. The molecule has 0 saturated carbocycles. The zero-order valence-corrected chi connectivity index (χ0v) is 22.0. The maximum Gasteiger partial charge on any atom is 0.164 e. The molecule has 0 radical (unpaired) electrons. The van der Waals surface area contributed by atoms with Gasteiger partial charge in [-0.15, -0.1) is 0 Å². The van der Waals surface area contributed by atoms with Gasteiger partial charge in [0.1, 0.15) is 11.2 Å². The van der Waals surface area contributed by atoms with Crippen molar-refractivity contribution in [3.8, 4) is 45.3 Å². The fourth-order valence-corrected chi connectivity index (χ4v) is 5.53. The lowest BCUT2D eigenvalue weighted by Crippen LogP contribution is -2.00. The molecule has 192 valence electrons. The second kappa shape index (κ2) is 9.54. The number of hydrogen-bond acceptors (Lipinski definition) is 4. The Bertz CT molecular complexity index is 2130. The Balaban J connectivity index is 1.44. The molecule has 2 aromatic heterocycles. The van der Waals surface area contributed by atoms with Crippen molar-refractivity contribution in [2.75, 3.05) is 0 Å². The molecule has 0 saturated heterocycles. The van der Waals surface area contributed by atoms with Gasteiger partial charge in [0.2, 0.25) is 0 Å². The largest absolute Gasteiger partial charge is 0.455 e. The summed E-state index contributed by atoms with van der Waals surface area (Å²) < 4.78 is 6.65. The zero-order chi connectivity index (χ0) is 27.2. The highest BCUT2D eigenvalue weighted by atomic mass is 16.3. The second-order valence-electron chi connectivity index (χ2n) is 10.1. The first kappa shape index (κ1) is 23.3. The first-order valence-corrected chi connectivity index (χ1v) is 13.6. The highest BCUT2D eigenvalue weighted by molar-refractivity contribution is 6.21. The van der Waals surface area contributed by atoms with Crippen LogP contribution in [0.1, 0.15) is 0 Å². The molecule has 0 fully saturated rings. The minimum absolute atomic E-state index is 0.614. The third-order valence-corrected chi connectivity index (χ3v) is 7.51. The standard InChI is InChI=1S/C37H23N3O/c1-4-12-24(13-5-1)27-20-21-30-32(23-27)41-34-29-19-11-10-18-28(29)22-31(33(30)34)37-39-35(25-14-6-2-7-15-25)38-36(40-37)26-16-8-3-9-17-26/h1-23H. The second-order valence-corrected chi connectivity index (χ2v) is 10.1. The third-order valence-electron chi connectivity index (χ3n) is 7.51. The Hall–Kier alpha value is -5.61. The SMILES string of the molecule is c1ccc(-c2ccc3c(c2)oc2c4ccccc4cc(-c4nc(-c5ccccc5)nc(-c5ccccc5)n4)c32)cc1. The quantitative estimate of drug-likeness (QED) is 0.230. The van der Waals surface area contributed by atoms with Crippen molar-refractivity contribution in [3.05, 3.63) is 140 Å². The van der Waals surface area contributed by atoms with Gasteiger partial charge in [-0.3, -0.25) is 0 Å². The number of fused-ring (bicyclic) bond motifs is 5. The summed E-state index contributed by atoms with van der Waals surface area (Å²) in [7, 11) is 0. The molecule has 4 nitrogen and oxygen atoms in total. The Morgan fingerprint density at radius 2 is 0.976 bits per heavy atom. The fraction of sp³-hybridized carbons (Fsp3) is 0. The summed E-state index contributed by atoms with van der Waals surface area (Å²) in [6.07, 6.45) is 0. The van der Waals surface area contributed by atoms with Gasteiger partial charge in [0.25, 0.3) is 0 Å². The normalized spacial score (nSPS) is 11.4. The number of hydrogen-bond donors (Lipinski definition) is 0. The van der Waals surface area contributed by atoms with Crippen molar-refractivity contribution in [1.82, 2.24) is 15.0 Å². The van der Waals surface area contributed by atoms with Gasteiger partial charge in [-0.1, -0.05) is 121 Å². The van der Waals surface area contributed by atoms with Crippen molar-refractivity contribution in [2.45, 2.75) is 0 Å². The van der Waals surface area contributed by atoms with Crippen molar-refractivity contribution < 1.29 is 4.42 Å². The summed E-state index contributed by atoms with van der Waals surface area (Å²) in [6, 6.07) is 47.4. The van der Waals surface area contributed by atoms with Crippen molar-refractivity contribution in [2.24, 2.45) is 0 Å². The molecule has 8 rings (SSSR count). The summed E-state index contributed by atoms with van der Waals surface area (Å²) in [5.41, 5.74) is 6.73. The lowest BCUT2D eigenvalue weighted by atomic mass is 9.98. The monoisotopic (exact) mass is 525 g/mol. The number of nitrogens with zero attached hydrogens (tertiary/aromatic N) is 3. The molecule has 2 heterocycles. The smallest absolute Gasteiger partial charge is 0.164 e. The van der Waals surface area contributed by atoms with E-state index in [2.05, 4.69) is 60.7 Å². The molecule has 0 N–H and O–H groups in total. The lowest BCUT2D eigenvalue weighted by Gasteiger charge is -2.10. The summed E-state index contributed by atoms with van der Waals surface area (Å²) in [5.74, 6) is 1.88. The number of rotatable bonds is 4. The van der Waals surface area contributed by atoms with Crippen molar-refractivity contribution in [1.29, 1.82) is 0 Å². The molecule has 0 aliphatic heterocycles. The average molecular weight is 526 g/mol. The van der Waals surface area contributed by atoms with Gasteiger partial charge in [0, 0.05) is 32.8 Å². The summed E-state index contributed by atoms with van der Waals surface area (Å²) >= 11 is 0. The van der Waals surface area contributed by atoms with Gasteiger partial charge in [-0.25, -0.2) is 15.0 Å². The molecular formula is C37H23N3O. The van der Waals surface area contributed by atoms with Crippen LogP contribution < -0.4 is 0 Å². The van der Waals surface area contributed by atoms with E-state index in [1.165, 1.54) is 0 Å². The van der Waals surface area contributed by atoms with Crippen LogP contribution in [0.4, 0.5) is 0 Å². The van der Waals surface area contributed by atoms with Gasteiger partial charge in [0.05, 0.1) is 0 Å². The molecule has 0 aliphatic rings. The molecular weight excluding hydrogens is 502 g/mol. The van der Waals surface area contributed by atoms with Crippen LogP contribution in [-0.4, -0.2) is 15.0 Å². The summed E-state index contributed by atoms with van der Waals surface area (Å²) in [4.78, 5) is 15.0. The van der Waals surface area contributed by atoms with Gasteiger partial charge >= 0.3 is 0 Å². The van der Waals surface area contributed by atoms with Gasteiger partial charge < -0.3 is 4.42 Å². The van der Waals surface area contributed by atoms with Crippen LogP contribution in [0.3, 0.4) is 0 Å². The summed E-state index contributed by atoms with van der Waals surface area (Å²) in [6.45, 7) is 0. The zero-order valence-electron chi connectivity index (χ0n) is 22.0. The van der Waals surface area contributed by atoms with E-state index in [9.17, 15) is 0 Å². The van der Waals surface area contributed by atoms with Crippen molar-refractivity contribution in [3.63, 3.8) is 0 Å². The van der Waals surface area contributed by atoms with Crippen molar-refractivity contribution >= 4 is 32.7 Å². The maximum absolute atomic E-state index is 6.65. The Morgan fingerprint density at radius 1 is 0.415 bits per heavy atom. The van der Waals surface area contributed by atoms with E-state index in [1.807, 2.05) is 78.9 Å². The minimum Gasteiger partial charge on any atom is -0.455 e. The molecule has 41 heavy (non-hydrogen) atoms. The molecule has 4 heteroatoms. The van der Waals surface area contributed by atoms with Gasteiger partial charge in [-0.05, 0) is 34.7 Å². The predicted molar refractivity (Wildman–Crippen MR) is 166 cm³/mol. The molecule has 6 aromatic carbocycles. The van der Waals surface area contributed by atoms with Crippen LogP contribution in [0.2, 0.25) is 0 Å². The van der Waals surface area contributed by atoms with E-state index in [4.69, 9.17) is 19.4 Å². The highest BCUT2D eigenvalue weighted by Crippen LogP contribution is 2.41. The highest BCUT2D eigenvalue weighted by Gasteiger charge is 2.20. The van der Waals surface area contributed by atoms with E-state index < -0.39 is 0 Å².